The lowest BCUT2D eigenvalue weighted by Crippen LogP contribution is -2.06. The molecule has 2 rings (SSSR count). The van der Waals surface area contributed by atoms with Gasteiger partial charge in [-0.25, -0.2) is 0 Å². The van der Waals surface area contributed by atoms with Gasteiger partial charge in [0.25, 0.3) is 0 Å². The quantitative estimate of drug-likeness (QED) is 0.580. The first-order chi connectivity index (χ1) is 11.6. The highest BCUT2D eigenvalue weighted by Crippen LogP contribution is 2.27. The van der Waals surface area contributed by atoms with Gasteiger partial charge in [0.2, 0.25) is 0 Å². The summed E-state index contributed by atoms with van der Waals surface area (Å²) in [5.74, 6) is 3.06. The largest absolute Gasteiger partial charge is 0.493 e. The monoisotopic (exact) mass is 328 g/mol. The fourth-order valence-corrected chi connectivity index (χ4v) is 2.45. The second-order valence-electron chi connectivity index (χ2n) is 6.08. The summed E-state index contributed by atoms with van der Waals surface area (Å²) in [7, 11) is 1.66. The molecule has 1 atom stereocenters. The van der Waals surface area contributed by atoms with E-state index >= 15 is 0 Å². The van der Waals surface area contributed by atoms with E-state index in [1.54, 1.807) is 7.11 Å². The summed E-state index contributed by atoms with van der Waals surface area (Å²) in [6.07, 6.45) is 1.98. The average Bonchev–Trinajstić information content (AvgIpc) is 2.62. The van der Waals surface area contributed by atoms with Gasteiger partial charge in [-0.1, -0.05) is 32.0 Å². The van der Waals surface area contributed by atoms with Crippen molar-refractivity contribution in [3.63, 3.8) is 0 Å². The SMILES string of the molecule is CC[C@@H](C)c1ccc(OCCCOc2ccc(C)cc2OC)cc1. The molecule has 0 aliphatic carbocycles. The Bertz CT molecular complexity index is 619. The van der Waals surface area contributed by atoms with Gasteiger partial charge in [0.05, 0.1) is 20.3 Å². The first-order valence-corrected chi connectivity index (χ1v) is 8.64. The van der Waals surface area contributed by atoms with Crippen molar-refractivity contribution in [1.29, 1.82) is 0 Å². The lowest BCUT2D eigenvalue weighted by molar-refractivity contribution is 0.240. The third-order valence-electron chi connectivity index (χ3n) is 4.20. The van der Waals surface area contributed by atoms with Crippen molar-refractivity contribution >= 4 is 0 Å². The van der Waals surface area contributed by atoms with Crippen LogP contribution in [0.2, 0.25) is 0 Å². The zero-order chi connectivity index (χ0) is 17.4. The molecule has 0 saturated carbocycles. The van der Waals surface area contributed by atoms with Crippen LogP contribution in [0.1, 0.15) is 43.7 Å². The molecule has 0 amide bonds. The van der Waals surface area contributed by atoms with Gasteiger partial charge in [-0.05, 0) is 54.7 Å². The van der Waals surface area contributed by atoms with E-state index in [1.165, 1.54) is 5.56 Å². The molecular weight excluding hydrogens is 300 g/mol. The maximum atomic E-state index is 5.78. The standard InChI is InChI=1S/C21H28O3/c1-5-17(3)18-8-10-19(11-9-18)23-13-6-14-24-20-12-7-16(2)15-21(20)22-4/h7-12,15,17H,5-6,13-14H2,1-4H3/t17-/m1/s1. The van der Waals surface area contributed by atoms with E-state index < -0.39 is 0 Å². The van der Waals surface area contributed by atoms with Gasteiger partial charge in [-0.2, -0.15) is 0 Å². The maximum absolute atomic E-state index is 5.78. The van der Waals surface area contributed by atoms with Crippen LogP contribution in [0.25, 0.3) is 0 Å². The molecule has 3 heteroatoms. The fourth-order valence-electron chi connectivity index (χ4n) is 2.45. The smallest absolute Gasteiger partial charge is 0.161 e. The first kappa shape index (κ1) is 18.2. The molecule has 2 aromatic rings. The third kappa shape index (κ3) is 5.19. The molecule has 130 valence electrons. The highest BCUT2D eigenvalue weighted by atomic mass is 16.5. The van der Waals surface area contributed by atoms with E-state index in [4.69, 9.17) is 14.2 Å². The summed E-state index contributed by atoms with van der Waals surface area (Å²) < 4.78 is 16.9. The van der Waals surface area contributed by atoms with Crippen molar-refractivity contribution in [2.45, 2.75) is 39.5 Å². The van der Waals surface area contributed by atoms with Crippen molar-refractivity contribution in [1.82, 2.24) is 0 Å². The molecule has 0 aromatic heterocycles. The van der Waals surface area contributed by atoms with Crippen LogP contribution in [0.15, 0.2) is 42.5 Å². The Balaban J connectivity index is 1.73. The second-order valence-corrected chi connectivity index (χ2v) is 6.08. The molecule has 2 aromatic carbocycles. The minimum absolute atomic E-state index is 0.594. The molecule has 0 fully saturated rings. The van der Waals surface area contributed by atoms with Gasteiger partial charge in [0.1, 0.15) is 5.75 Å². The van der Waals surface area contributed by atoms with Crippen molar-refractivity contribution in [3.8, 4) is 17.2 Å². The Morgan fingerprint density at radius 1 is 0.917 bits per heavy atom. The highest BCUT2D eigenvalue weighted by molar-refractivity contribution is 5.42. The van der Waals surface area contributed by atoms with Crippen LogP contribution in [0, 0.1) is 6.92 Å². The number of ether oxygens (including phenoxy) is 3. The van der Waals surface area contributed by atoms with Crippen molar-refractivity contribution in [2.75, 3.05) is 20.3 Å². The number of rotatable bonds is 9. The van der Waals surface area contributed by atoms with E-state index in [2.05, 4.69) is 26.0 Å². The number of hydrogen-bond donors (Lipinski definition) is 0. The molecule has 24 heavy (non-hydrogen) atoms. The Hall–Kier alpha value is -2.16. The van der Waals surface area contributed by atoms with Crippen LogP contribution in [0.3, 0.4) is 0 Å². The number of aryl methyl sites for hydroxylation is 1. The van der Waals surface area contributed by atoms with Crippen LogP contribution in [0.4, 0.5) is 0 Å². The summed E-state index contributed by atoms with van der Waals surface area (Å²) in [4.78, 5) is 0. The van der Waals surface area contributed by atoms with Crippen LogP contribution >= 0.6 is 0 Å². The summed E-state index contributed by atoms with van der Waals surface area (Å²) >= 11 is 0. The molecule has 0 aliphatic heterocycles. The average molecular weight is 328 g/mol. The van der Waals surface area contributed by atoms with Crippen molar-refractivity contribution in [3.05, 3.63) is 53.6 Å². The third-order valence-corrected chi connectivity index (χ3v) is 4.20. The predicted molar refractivity (Wildman–Crippen MR) is 98.5 cm³/mol. The Labute approximate surface area is 145 Å². The van der Waals surface area contributed by atoms with E-state index in [1.807, 2.05) is 37.3 Å². The lowest BCUT2D eigenvalue weighted by Gasteiger charge is -2.12. The molecule has 0 spiro atoms. The van der Waals surface area contributed by atoms with Gasteiger partial charge >= 0.3 is 0 Å². The maximum Gasteiger partial charge on any atom is 0.161 e. The van der Waals surface area contributed by atoms with Gasteiger partial charge in [-0.15, -0.1) is 0 Å². The van der Waals surface area contributed by atoms with Crippen LogP contribution in [-0.2, 0) is 0 Å². The van der Waals surface area contributed by atoms with Gasteiger partial charge in [0, 0.05) is 6.42 Å². The van der Waals surface area contributed by atoms with E-state index in [0.29, 0.717) is 19.1 Å². The van der Waals surface area contributed by atoms with E-state index in [0.717, 1.165) is 35.7 Å². The number of hydrogen-bond acceptors (Lipinski definition) is 3. The van der Waals surface area contributed by atoms with Crippen molar-refractivity contribution in [2.24, 2.45) is 0 Å². The summed E-state index contributed by atoms with van der Waals surface area (Å²) in [6.45, 7) is 7.72. The van der Waals surface area contributed by atoms with Crippen LogP contribution < -0.4 is 14.2 Å². The minimum atomic E-state index is 0.594. The van der Waals surface area contributed by atoms with E-state index in [-0.39, 0.29) is 0 Å². The van der Waals surface area contributed by atoms with Gasteiger partial charge < -0.3 is 14.2 Å². The highest BCUT2D eigenvalue weighted by Gasteiger charge is 2.05. The van der Waals surface area contributed by atoms with Crippen molar-refractivity contribution < 1.29 is 14.2 Å². The molecule has 0 radical (unpaired) electrons. The Morgan fingerprint density at radius 2 is 1.62 bits per heavy atom. The van der Waals surface area contributed by atoms with Crippen LogP contribution in [0.5, 0.6) is 17.2 Å². The van der Waals surface area contributed by atoms with E-state index in [9.17, 15) is 0 Å². The molecular formula is C21H28O3. The molecule has 0 N–H and O–H groups in total. The predicted octanol–water partition coefficient (Wildman–Crippen LogP) is 5.37. The second kappa shape index (κ2) is 9.21. The number of benzene rings is 2. The zero-order valence-corrected chi connectivity index (χ0v) is 15.2. The Morgan fingerprint density at radius 3 is 2.29 bits per heavy atom. The zero-order valence-electron chi connectivity index (χ0n) is 15.2. The molecule has 0 aliphatic rings. The summed E-state index contributed by atoms with van der Waals surface area (Å²) in [5.41, 5.74) is 2.52. The lowest BCUT2D eigenvalue weighted by atomic mass is 9.99. The molecule has 0 unspecified atom stereocenters. The van der Waals surface area contributed by atoms with Gasteiger partial charge in [0.15, 0.2) is 11.5 Å². The molecule has 0 heterocycles. The number of methoxy groups -OCH3 is 1. The molecule has 0 bridgehead atoms. The summed E-state index contributed by atoms with van der Waals surface area (Å²) in [6, 6.07) is 14.3. The molecule has 0 saturated heterocycles. The molecule has 3 nitrogen and oxygen atoms in total. The topological polar surface area (TPSA) is 27.7 Å². The minimum Gasteiger partial charge on any atom is -0.493 e. The van der Waals surface area contributed by atoms with Gasteiger partial charge in [-0.3, -0.25) is 0 Å². The Kier molecular flexibility index (Phi) is 6.98. The summed E-state index contributed by atoms with van der Waals surface area (Å²) in [5, 5.41) is 0. The first-order valence-electron chi connectivity index (χ1n) is 8.64. The normalized spacial score (nSPS) is 11.8. The van der Waals surface area contributed by atoms with Crippen LogP contribution in [-0.4, -0.2) is 20.3 Å². The fraction of sp³-hybridized carbons (Fsp3) is 0.429.